The molecule has 1 heterocycles. The number of rotatable bonds is 41. The van der Waals surface area contributed by atoms with Gasteiger partial charge in [0.2, 0.25) is 0 Å². The largest absolute Gasteiger partial charge is 0.466 e. The van der Waals surface area contributed by atoms with Gasteiger partial charge in [0.15, 0.2) is 0 Å². The monoisotopic (exact) mass is 825 g/mol. The van der Waals surface area contributed by atoms with Gasteiger partial charge in [0.1, 0.15) is 6.10 Å². The van der Waals surface area contributed by atoms with Crippen LogP contribution in [0.15, 0.2) is 24.3 Å². The molecule has 2 amide bonds. The number of carbonyl (C=O) groups is 4. The molecule has 0 aromatic heterocycles. The first-order valence-corrected chi connectivity index (χ1v) is 24.9. The van der Waals surface area contributed by atoms with E-state index in [0.29, 0.717) is 43.7 Å². The highest BCUT2D eigenvalue weighted by Crippen LogP contribution is 2.23. The minimum Gasteiger partial charge on any atom is -0.466 e. The molecule has 1 aromatic rings. The lowest BCUT2D eigenvalue weighted by molar-refractivity contribution is -0.150. The van der Waals surface area contributed by atoms with Gasteiger partial charge in [-0.15, -0.1) is 0 Å². The molecule has 2 rings (SSSR count). The zero-order valence-electron chi connectivity index (χ0n) is 38.4. The number of ether oxygens (including phenoxy) is 2. The average Bonchev–Trinajstić information content (AvgIpc) is 3.48. The summed E-state index contributed by atoms with van der Waals surface area (Å²) in [5, 5.41) is 0. The molecule has 0 saturated carbocycles. The van der Waals surface area contributed by atoms with E-state index in [1.54, 1.807) is 12.1 Å². The Balaban J connectivity index is 1.70. The van der Waals surface area contributed by atoms with Crippen LogP contribution in [-0.2, 0) is 19.1 Å². The highest BCUT2D eigenvalue weighted by Gasteiger charge is 2.34. The molecule has 1 aliphatic heterocycles. The van der Waals surface area contributed by atoms with Crippen LogP contribution >= 0.6 is 0 Å². The van der Waals surface area contributed by atoms with Crippen molar-refractivity contribution in [3.8, 4) is 0 Å². The van der Waals surface area contributed by atoms with Crippen molar-refractivity contribution in [3.63, 3.8) is 0 Å². The fraction of sp³-hybridized carbons (Fsp3) is 0.804. The number of esters is 2. The molecular weight excluding hydrogens is 737 g/mol. The van der Waals surface area contributed by atoms with E-state index >= 15 is 0 Å². The van der Waals surface area contributed by atoms with E-state index in [1.807, 2.05) is 12.1 Å². The Morgan fingerprint density at radius 3 is 1.41 bits per heavy atom. The van der Waals surface area contributed by atoms with Gasteiger partial charge in [-0.05, 0) is 83.0 Å². The van der Waals surface area contributed by atoms with E-state index in [9.17, 15) is 19.2 Å². The second-order valence-corrected chi connectivity index (χ2v) is 17.4. The first kappa shape index (κ1) is 52.4. The molecule has 338 valence electrons. The first-order chi connectivity index (χ1) is 28.9. The van der Waals surface area contributed by atoms with Gasteiger partial charge in [-0.2, -0.15) is 0 Å². The minimum atomic E-state index is -0.189. The summed E-state index contributed by atoms with van der Waals surface area (Å²) in [5.41, 5.74) is 1.01. The number of amides is 2. The zero-order chi connectivity index (χ0) is 42.6. The minimum absolute atomic E-state index is 0.0188. The Morgan fingerprint density at radius 2 is 0.915 bits per heavy atom. The molecule has 0 spiro atoms. The lowest BCUT2D eigenvalue weighted by Crippen LogP contribution is -2.39. The fourth-order valence-corrected chi connectivity index (χ4v) is 8.24. The summed E-state index contributed by atoms with van der Waals surface area (Å²) in [4.78, 5) is 54.9. The second kappa shape index (κ2) is 36.0. The van der Waals surface area contributed by atoms with E-state index in [1.165, 1.54) is 94.8 Å². The van der Waals surface area contributed by atoms with Gasteiger partial charge in [-0.25, -0.2) is 0 Å². The summed E-state index contributed by atoms with van der Waals surface area (Å²) in [6.45, 7) is 10.2. The number of nitrogens with zero attached hydrogens (tertiary/aromatic N) is 2. The van der Waals surface area contributed by atoms with Crippen molar-refractivity contribution in [1.82, 2.24) is 9.80 Å². The lowest BCUT2D eigenvalue weighted by Gasteiger charge is -2.25. The predicted octanol–water partition coefficient (Wildman–Crippen LogP) is 13.6. The van der Waals surface area contributed by atoms with Crippen molar-refractivity contribution in [1.29, 1.82) is 0 Å². The molecular formula is C51H88N2O6. The molecule has 8 nitrogen and oxygen atoms in total. The topological polar surface area (TPSA) is 93.2 Å². The van der Waals surface area contributed by atoms with E-state index in [-0.39, 0.29) is 29.9 Å². The third kappa shape index (κ3) is 25.6. The van der Waals surface area contributed by atoms with Crippen LogP contribution in [0.1, 0.15) is 247 Å². The molecule has 0 radical (unpaired) electrons. The van der Waals surface area contributed by atoms with E-state index in [2.05, 4.69) is 25.7 Å². The van der Waals surface area contributed by atoms with E-state index in [4.69, 9.17) is 9.47 Å². The quantitative estimate of drug-likeness (QED) is 0.0369. The van der Waals surface area contributed by atoms with Crippen LogP contribution in [-0.4, -0.2) is 72.4 Å². The van der Waals surface area contributed by atoms with Gasteiger partial charge in [-0.3, -0.25) is 24.1 Å². The van der Waals surface area contributed by atoms with Crippen LogP contribution in [0.5, 0.6) is 0 Å². The third-order valence-electron chi connectivity index (χ3n) is 12.0. The van der Waals surface area contributed by atoms with Crippen LogP contribution in [0.2, 0.25) is 0 Å². The van der Waals surface area contributed by atoms with Crippen molar-refractivity contribution in [2.75, 3.05) is 32.8 Å². The zero-order valence-corrected chi connectivity index (χ0v) is 38.4. The van der Waals surface area contributed by atoms with Crippen molar-refractivity contribution < 1.29 is 28.7 Å². The van der Waals surface area contributed by atoms with Crippen molar-refractivity contribution >= 4 is 23.8 Å². The fourth-order valence-electron chi connectivity index (χ4n) is 8.24. The Morgan fingerprint density at radius 1 is 0.508 bits per heavy atom. The summed E-state index contributed by atoms with van der Waals surface area (Å²) in [6, 6.07) is 7.11. The number of hydrogen-bond acceptors (Lipinski definition) is 7. The van der Waals surface area contributed by atoms with Gasteiger partial charge in [0, 0.05) is 25.9 Å². The van der Waals surface area contributed by atoms with Crippen LogP contribution in [0, 0.1) is 0 Å². The summed E-state index contributed by atoms with van der Waals surface area (Å²) < 4.78 is 11.5. The van der Waals surface area contributed by atoms with Gasteiger partial charge in [0.25, 0.3) is 11.8 Å². The van der Waals surface area contributed by atoms with Crippen molar-refractivity contribution in [2.24, 2.45) is 0 Å². The summed E-state index contributed by atoms with van der Waals surface area (Å²) in [6.07, 6.45) is 35.6. The number of imide groups is 1. The standard InChI is InChI=1S/C51H88N2O6/c1-4-7-10-13-18-25-34-45(35-26-19-14-11-8-5-2)59-49(55)39-28-21-17-23-32-41-52(42-43-53-50(56)46-36-29-30-37-47(46)51(53)57)40-31-22-16-20-27-38-48(54)58-44-33-24-15-12-9-6-3/h29-30,36-37,45H,4-28,31-35,38-44H2,1-3H3. The maximum atomic E-state index is 13.0. The average molecular weight is 825 g/mol. The summed E-state index contributed by atoms with van der Waals surface area (Å²) in [5.74, 6) is -0.463. The van der Waals surface area contributed by atoms with Gasteiger partial charge >= 0.3 is 11.9 Å². The summed E-state index contributed by atoms with van der Waals surface area (Å²) in [7, 11) is 0. The van der Waals surface area contributed by atoms with Crippen molar-refractivity contribution in [2.45, 2.75) is 232 Å². The molecule has 0 bridgehead atoms. The number of benzene rings is 1. The normalized spacial score (nSPS) is 12.6. The molecule has 0 fully saturated rings. The molecule has 8 heteroatoms. The highest BCUT2D eigenvalue weighted by molar-refractivity contribution is 6.21. The molecule has 0 atom stereocenters. The Bertz CT molecular complexity index is 1190. The van der Waals surface area contributed by atoms with Crippen LogP contribution < -0.4 is 0 Å². The number of carbonyl (C=O) groups excluding carboxylic acids is 4. The number of fused-ring (bicyclic) bond motifs is 1. The van der Waals surface area contributed by atoms with Crippen LogP contribution in [0.25, 0.3) is 0 Å². The third-order valence-corrected chi connectivity index (χ3v) is 12.0. The smallest absolute Gasteiger partial charge is 0.306 e. The van der Waals surface area contributed by atoms with Gasteiger partial charge < -0.3 is 14.4 Å². The van der Waals surface area contributed by atoms with E-state index in [0.717, 1.165) is 116 Å². The number of hydrogen-bond donors (Lipinski definition) is 0. The first-order valence-electron chi connectivity index (χ1n) is 24.9. The maximum absolute atomic E-state index is 13.0. The highest BCUT2D eigenvalue weighted by atomic mass is 16.5. The van der Waals surface area contributed by atoms with E-state index < -0.39 is 0 Å². The Kier molecular flexibility index (Phi) is 31.9. The Hall–Kier alpha value is -2.74. The molecule has 0 aliphatic carbocycles. The van der Waals surface area contributed by atoms with Crippen molar-refractivity contribution in [3.05, 3.63) is 35.4 Å². The summed E-state index contributed by atoms with van der Waals surface area (Å²) >= 11 is 0. The molecule has 1 aliphatic rings. The second-order valence-electron chi connectivity index (χ2n) is 17.4. The van der Waals surface area contributed by atoms with Crippen LogP contribution in [0.4, 0.5) is 0 Å². The lowest BCUT2D eigenvalue weighted by atomic mass is 10.0. The van der Waals surface area contributed by atoms with Gasteiger partial charge in [-0.1, -0.05) is 168 Å². The molecule has 59 heavy (non-hydrogen) atoms. The predicted molar refractivity (Wildman–Crippen MR) is 244 cm³/mol. The SMILES string of the molecule is CCCCCCCCOC(=O)CCCCCCCN(CCCCCCCC(=O)OC(CCCCCCCC)CCCCCCCC)CCN1C(=O)c2ccccc2C1=O. The van der Waals surface area contributed by atoms with Crippen LogP contribution in [0.3, 0.4) is 0 Å². The molecule has 0 unspecified atom stereocenters. The Labute approximate surface area is 361 Å². The van der Waals surface area contributed by atoms with Gasteiger partial charge in [0.05, 0.1) is 17.7 Å². The molecule has 0 saturated heterocycles. The molecule has 0 N–H and O–H groups in total. The number of unbranched alkanes of at least 4 members (excludes halogenated alkanes) is 23. The maximum Gasteiger partial charge on any atom is 0.306 e. The molecule has 1 aromatic carbocycles.